The van der Waals surface area contributed by atoms with Gasteiger partial charge in [0.1, 0.15) is 0 Å². The molecule has 2 N–H and O–H groups in total. The summed E-state index contributed by atoms with van der Waals surface area (Å²) in [7, 11) is 4.71. The van der Waals surface area contributed by atoms with Gasteiger partial charge in [0.05, 0.1) is 12.3 Å². The van der Waals surface area contributed by atoms with E-state index in [0.717, 1.165) is 25.9 Å². The van der Waals surface area contributed by atoms with E-state index in [9.17, 15) is 0 Å². The zero-order chi connectivity index (χ0) is 35.8. The highest BCUT2D eigenvalue weighted by molar-refractivity contribution is 6.16. The van der Waals surface area contributed by atoms with Crippen LogP contribution < -0.4 is 10.6 Å². The van der Waals surface area contributed by atoms with E-state index in [0.29, 0.717) is 0 Å². The summed E-state index contributed by atoms with van der Waals surface area (Å²) in [6.07, 6.45) is 2.41. The predicted octanol–water partition coefficient (Wildman–Crippen LogP) is 11.0. The van der Waals surface area contributed by atoms with Crippen molar-refractivity contribution in [1.82, 2.24) is 9.80 Å². The molecule has 0 saturated carbocycles. The van der Waals surface area contributed by atoms with Gasteiger partial charge in [-0.3, -0.25) is 9.80 Å². The van der Waals surface area contributed by atoms with E-state index in [1.54, 1.807) is 0 Å². The fourth-order valence-electron chi connectivity index (χ4n) is 11.9. The monoisotopic (exact) mass is 698 g/mol. The van der Waals surface area contributed by atoms with Crippen LogP contribution in [-0.2, 0) is 10.8 Å². The lowest BCUT2D eigenvalue weighted by atomic mass is 9.44. The molecule has 0 amide bonds. The minimum Gasteiger partial charge on any atom is -0.368 e. The fourth-order valence-corrected chi connectivity index (χ4v) is 11.9. The van der Waals surface area contributed by atoms with Crippen LogP contribution in [-0.4, -0.2) is 49.3 Å². The average Bonchev–Trinajstić information content (AvgIpc) is 3.21. The topological polar surface area (TPSA) is 30.5 Å². The molecule has 262 valence electrons. The summed E-state index contributed by atoms with van der Waals surface area (Å²) >= 11 is 0. The van der Waals surface area contributed by atoms with Gasteiger partial charge in [0, 0.05) is 46.4 Å². The fraction of sp³-hybridized carbons (Fsp3) is 0.200. The molecule has 2 saturated heterocycles. The zero-order valence-electron chi connectivity index (χ0n) is 30.7. The van der Waals surface area contributed by atoms with Crippen molar-refractivity contribution in [2.45, 2.75) is 36.0 Å². The Labute approximate surface area is 316 Å². The van der Waals surface area contributed by atoms with Gasteiger partial charge in [-0.25, -0.2) is 0 Å². The Morgan fingerprint density at radius 3 is 1.17 bits per heavy atom. The quantitative estimate of drug-likeness (QED) is 0.176. The number of benzene rings is 8. The maximum Gasteiger partial charge on any atom is 0.0901 e. The third-order valence-electron chi connectivity index (χ3n) is 14.1. The summed E-state index contributed by atoms with van der Waals surface area (Å²) in [5, 5.41) is 19.1. The molecule has 2 fully saturated rings. The maximum absolute atomic E-state index is 4.37. The number of fused-ring (bicyclic) bond motifs is 6. The normalized spacial score (nSPS) is 24.5. The van der Waals surface area contributed by atoms with Gasteiger partial charge in [-0.05, 0) is 104 Å². The largest absolute Gasteiger partial charge is 0.368 e. The SMILES string of the molecule is CN1CC[C@]23c4cccc(-c5c6ccccc6cc6ccccc56)c4N[C@H]1[C@]21CCN(C)[C@H]3Nc2c(-c3c4ccccc4cc4ccccc34)cccc21. The van der Waals surface area contributed by atoms with Crippen LogP contribution in [0.25, 0.3) is 65.3 Å². The number of rotatable bonds is 2. The second-order valence-electron chi connectivity index (χ2n) is 16.3. The molecule has 0 unspecified atom stereocenters. The van der Waals surface area contributed by atoms with E-state index >= 15 is 0 Å². The maximum atomic E-state index is 4.37. The number of likely N-dealkylation sites (tertiary alicyclic amines) is 2. The first-order chi connectivity index (χ1) is 26.6. The number of nitrogens with one attached hydrogen (secondary N) is 2. The minimum atomic E-state index is -0.152. The highest BCUT2D eigenvalue weighted by Gasteiger charge is 2.71. The number of likely N-dealkylation sites (N-methyl/N-ethyl adjacent to an activating group) is 2. The highest BCUT2D eigenvalue weighted by Crippen LogP contribution is 2.68. The Balaban J connectivity index is 1.16. The predicted molar refractivity (Wildman–Crippen MR) is 226 cm³/mol. The second-order valence-corrected chi connectivity index (χ2v) is 16.3. The van der Waals surface area contributed by atoms with Crippen LogP contribution in [0.4, 0.5) is 11.4 Å². The van der Waals surface area contributed by atoms with Gasteiger partial charge < -0.3 is 10.6 Å². The van der Waals surface area contributed by atoms with Gasteiger partial charge in [0.2, 0.25) is 0 Å². The van der Waals surface area contributed by atoms with Gasteiger partial charge in [0.15, 0.2) is 0 Å². The average molecular weight is 699 g/mol. The number of anilines is 2. The van der Waals surface area contributed by atoms with Crippen LogP contribution in [0.5, 0.6) is 0 Å². The van der Waals surface area contributed by atoms with Gasteiger partial charge in [0.25, 0.3) is 0 Å². The van der Waals surface area contributed by atoms with Crippen LogP contribution in [0.1, 0.15) is 24.0 Å². The molecule has 0 radical (unpaired) electrons. The van der Waals surface area contributed by atoms with E-state index in [2.05, 4.69) is 180 Å². The number of nitrogens with zero attached hydrogens (tertiary/aromatic N) is 2. The Morgan fingerprint density at radius 2 is 0.796 bits per heavy atom. The van der Waals surface area contributed by atoms with Crippen LogP contribution in [0.15, 0.2) is 146 Å². The summed E-state index contributed by atoms with van der Waals surface area (Å²) < 4.78 is 0. The van der Waals surface area contributed by atoms with Crippen molar-refractivity contribution >= 4 is 54.5 Å². The highest BCUT2D eigenvalue weighted by atomic mass is 15.4. The summed E-state index contributed by atoms with van der Waals surface area (Å²) in [5.41, 5.74) is 10.5. The van der Waals surface area contributed by atoms with Gasteiger partial charge >= 0.3 is 0 Å². The zero-order valence-corrected chi connectivity index (χ0v) is 30.7. The molecule has 0 aliphatic carbocycles. The number of piperidine rings is 2. The molecule has 8 aromatic carbocycles. The molecular formula is C50H42N4. The molecule has 4 nitrogen and oxygen atoms in total. The van der Waals surface area contributed by atoms with Crippen LogP contribution in [0.3, 0.4) is 0 Å². The van der Waals surface area contributed by atoms with E-state index in [1.807, 2.05) is 0 Å². The summed E-state index contributed by atoms with van der Waals surface area (Å²) in [6.45, 7) is 2.07. The van der Waals surface area contributed by atoms with Crippen LogP contribution in [0.2, 0.25) is 0 Å². The molecule has 4 heteroatoms. The van der Waals surface area contributed by atoms with Gasteiger partial charge in [-0.15, -0.1) is 0 Å². The van der Waals surface area contributed by atoms with Gasteiger partial charge in [-0.2, -0.15) is 0 Å². The number of hydrogen-bond donors (Lipinski definition) is 2. The Bertz CT molecular complexity index is 2570. The molecule has 54 heavy (non-hydrogen) atoms. The summed E-state index contributed by atoms with van der Waals surface area (Å²) in [5.74, 6) is 0. The molecule has 4 atom stereocenters. The molecule has 8 aromatic rings. The van der Waals surface area contributed by atoms with Crippen molar-refractivity contribution in [3.8, 4) is 22.3 Å². The van der Waals surface area contributed by atoms with Crippen molar-refractivity contribution in [1.29, 1.82) is 0 Å². The molecule has 4 bridgehead atoms. The van der Waals surface area contributed by atoms with E-state index in [4.69, 9.17) is 0 Å². The minimum absolute atomic E-state index is 0.123. The summed E-state index contributed by atoms with van der Waals surface area (Å²) in [6, 6.07) is 54.8. The van der Waals surface area contributed by atoms with Crippen molar-refractivity contribution in [3.63, 3.8) is 0 Å². The molecule has 4 heterocycles. The van der Waals surface area contributed by atoms with E-state index < -0.39 is 0 Å². The van der Waals surface area contributed by atoms with Crippen molar-refractivity contribution in [2.75, 3.05) is 37.8 Å². The first-order valence-corrected chi connectivity index (χ1v) is 19.6. The third-order valence-corrected chi connectivity index (χ3v) is 14.1. The molecule has 4 aliphatic heterocycles. The Hall–Kier alpha value is -5.68. The lowest BCUT2D eigenvalue weighted by Gasteiger charge is -2.72. The van der Waals surface area contributed by atoms with E-state index in [-0.39, 0.29) is 23.2 Å². The molecule has 12 rings (SSSR count). The smallest absolute Gasteiger partial charge is 0.0901 e. The molecule has 0 aromatic heterocycles. The van der Waals surface area contributed by atoms with Crippen LogP contribution in [0, 0.1) is 0 Å². The van der Waals surface area contributed by atoms with Crippen molar-refractivity contribution in [3.05, 3.63) is 157 Å². The Morgan fingerprint density at radius 1 is 0.444 bits per heavy atom. The van der Waals surface area contributed by atoms with E-state index in [1.165, 1.54) is 87.8 Å². The molecule has 4 aliphatic rings. The van der Waals surface area contributed by atoms with Crippen molar-refractivity contribution in [2.24, 2.45) is 0 Å². The Kier molecular flexibility index (Phi) is 6.23. The third kappa shape index (κ3) is 3.75. The van der Waals surface area contributed by atoms with Crippen molar-refractivity contribution < 1.29 is 0 Å². The number of hydrogen-bond acceptors (Lipinski definition) is 4. The number of para-hydroxylation sites is 2. The molecule has 0 spiro atoms. The van der Waals surface area contributed by atoms with Gasteiger partial charge in [-0.1, -0.05) is 133 Å². The first kappa shape index (κ1) is 30.7. The summed E-state index contributed by atoms with van der Waals surface area (Å²) in [4.78, 5) is 5.27. The lowest BCUT2D eigenvalue weighted by molar-refractivity contribution is -0.0690. The first-order valence-electron chi connectivity index (χ1n) is 19.6. The molecular weight excluding hydrogens is 657 g/mol. The second kappa shape index (κ2) is 10.9. The lowest BCUT2D eigenvalue weighted by Crippen LogP contribution is -2.80. The standard InChI is InChI=1S/C50H42N4/c1-53-27-25-50-42-24-12-21-39(43-35-17-7-3-13-31(35)29-32-14-4-8-18-36(32)43)45(42)51-47(53)49(50)26-28-54(2)48(50)52-46-40(22-11-23-41(46)49)44-37-19-9-5-15-33(37)30-34-16-6-10-20-38(34)44/h3-24,29-30,47-48,51-52H,25-28H2,1-2H3/t47-,48-,49-,50-/m1/s1. The van der Waals surface area contributed by atoms with Crippen LogP contribution >= 0.6 is 0 Å².